The van der Waals surface area contributed by atoms with E-state index in [0.29, 0.717) is 13.0 Å². The van der Waals surface area contributed by atoms with Gasteiger partial charge < -0.3 is 64.2 Å². The Labute approximate surface area is 305 Å². The minimum absolute atomic E-state index is 0.132. The molecule has 3 aliphatic heterocycles. The smallest absolute Gasteiger partial charge is 0.311 e. The summed E-state index contributed by atoms with van der Waals surface area (Å²) < 4.78 is 37.3. The lowest BCUT2D eigenvalue weighted by molar-refractivity contribution is -0.316. The second-order valence-corrected chi connectivity index (χ2v) is 16.5. The Kier molecular flexibility index (Phi) is 15.3. The predicted octanol–water partition coefficient (Wildman–Crippen LogP) is 1.56. The maximum absolute atomic E-state index is 14.2. The predicted molar refractivity (Wildman–Crippen MR) is 190 cm³/mol. The van der Waals surface area contributed by atoms with E-state index in [2.05, 4.69) is 5.32 Å². The molecule has 14 nitrogen and oxygen atoms in total. The quantitative estimate of drug-likeness (QED) is 0.207. The topological polar surface area (TPSA) is 189 Å². The SMILES string of the molecule is CC[C@H]1OC(=O)[C@H](C)[C@@H](O[C@H]2C[C@@](C)(OC)[C@@H](O)[C@H](C)O2)[C@H](C)[C@@H](O[C@@H]2O[C@H](C)C[C@H](NC)[C@H]2O)[C@](C)(O)C[C@@H](C)CN(C)[C@H](C)[C@@H](O)[C@]1(C)O. The van der Waals surface area contributed by atoms with Crippen LogP contribution in [0.2, 0.25) is 0 Å². The Balaban J connectivity index is 2.16. The molecule has 0 radical (unpaired) electrons. The van der Waals surface area contributed by atoms with Gasteiger partial charge in [0.05, 0.1) is 41.5 Å². The summed E-state index contributed by atoms with van der Waals surface area (Å²) >= 11 is 0. The van der Waals surface area contributed by atoms with Gasteiger partial charge in [-0.3, -0.25) is 4.79 Å². The van der Waals surface area contributed by atoms with Gasteiger partial charge in [-0.15, -0.1) is 0 Å². The molecule has 0 unspecified atom stereocenters. The maximum Gasteiger partial charge on any atom is 0.311 e. The fourth-order valence-electron chi connectivity index (χ4n) is 8.53. The summed E-state index contributed by atoms with van der Waals surface area (Å²) in [6, 6.07) is -0.858. The van der Waals surface area contributed by atoms with Gasteiger partial charge in [0.25, 0.3) is 0 Å². The zero-order valence-electron chi connectivity index (χ0n) is 33.2. The number of methoxy groups -OCH3 is 1. The van der Waals surface area contributed by atoms with Crippen LogP contribution in [0, 0.1) is 17.8 Å². The number of carbonyl (C=O) groups excluding carboxylic acids is 1. The monoisotopic (exact) mass is 734 g/mol. The van der Waals surface area contributed by atoms with Gasteiger partial charge in [0.1, 0.15) is 30.0 Å². The molecule has 18 atom stereocenters. The Bertz CT molecular complexity index is 1110. The van der Waals surface area contributed by atoms with Crippen molar-refractivity contribution in [2.45, 2.75) is 185 Å². The van der Waals surface area contributed by atoms with Crippen LogP contribution in [0.3, 0.4) is 0 Å². The van der Waals surface area contributed by atoms with E-state index in [-0.39, 0.29) is 37.3 Å². The van der Waals surface area contributed by atoms with Crippen LogP contribution in [-0.4, -0.2) is 154 Å². The Morgan fingerprint density at radius 3 is 2.16 bits per heavy atom. The van der Waals surface area contributed by atoms with Crippen molar-refractivity contribution in [3.63, 3.8) is 0 Å². The van der Waals surface area contributed by atoms with Crippen LogP contribution < -0.4 is 5.32 Å². The van der Waals surface area contributed by atoms with Gasteiger partial charge in [-0.25, -0.2) is 0 Å². The zero-order chi connectivity index (χ0) is 38.8. The molecule has 51 heavy (non-hydrogen) atoms. The molecule has 0 saturated carbocycles. The van der Waals surface area contributed by atoms with E-state index < -0.39 is 96.0 Å². The minimum atomic E-state index is -1.80. The molecule has 0 amide bonds. The molecule has 6 N–H and O–H groups in total. The maximum atomic E-state index is 14.2. The largest absolute Gasteiger partial charge is 0.459 e. The van der Waals surface area contributed by atoms with Crippen LogP contribution in [0.4, 0.5) is 0 Å². The number of nitrogens with zero attached hydrogens (tertiary/aromatic N) is 1. The zero-order valence-corrected chi connectivity index (χ0v) is 33.2. The van der Waals surface area contributed by atoms with Crippen LogP contribution >= 0.6 is 0 Å². The number of aliphatic hydroxyl groups is 5. The number of aliphatic hydroxyl groups excluding tert-OH is 3. The van der Waals surface area contributed by atoms with Crippen molar-refractivity contribution in [3.05, 3.63) is 0 Å². The lowest BCUT2D eigenvalue weighted by atomic mass is 9.77. The average Bonchev–Trinajstić information content (AvgIpc) is 3.05. The number of likely N-dealkylation sites (N-methyl/N-ethyl adjacent to an activating group) is 2. The van der Waals surface area contributed by atoms with E-state index in [9.17, 15) is 30.3 Å². The van der Waals surface area contributed by atoms with Gasteiger partial charge in [-0.2, -0.15) is 0 Å². The summed E-state index contributed by atoms with van der Waals surface area (Å²) in [5.74, 6) is -2.59. The molecule has 3 heterocycles. The molecule has 300 valence electrons. The number of ether oxygens (including phenoxy) is 6. The summed E-state index contributed by atoms with van der Waals surface area (Å²) in [5.41, 5.74) is -4.37. The summed E-state index contributed by atoms with van der Waals surface area (Å²) in [5, 5.41) is 61.0. The van der Waals surface area contributed by atoms with Crippen molar-refractivity contribution in [2.24, 2.45) is 17.8 Å². The van der Waals surface area contributed by atoms with Crippen molar-refractivity contribution in [2.75, 3.05) is 27.7 Å². The summed E-state index contributed by atoms with van der Waals surface area (Å²) in [6.45, 7) is 18.0. The average molecular weight is 735 g/mol. The molecule has 0 bridgehead atoms. The molecular formula is C37H70N2O12. The molecule has 0 aromatic rings. The van der Waals surface area contributed by atoms with Crippen molar-refractivity contribution in [3.8, 4) is 0 Å². The molecule has 3 fully saturated rings. The molecule has 3 rings (SSSR count). The molecule has 3 saturated heterocycles. The van der Waals surface area contributed by atoms with Crippen LogP contribution in [-0.2, 0) is 33.2 Å². The number of carbonyl (C=O) groups is 1. The van der Waals surface area contributed by atoms with Crippen molar-refractivity contribution in [1.29, 1.82) is 0 Å². The molecule has 0 aliphatic carbocycles. The number of hydrogen-bond acceptors (Lipinski definition) is 14. The van der Waals surface area contributed by atoms with Crippen molar-refractivity contribution >= 4 is 5.97 Å². The lowest BCUT2D eigenvalue weighted by Crippen LogP contribution is -2.60. The van der Waals surface area contributed by atoms with Gasteiger partial charge in [0.2, 0.25) is 0 Å². The van der Waals surface area contributed by atoms with Gasteiger partial charge in [-0.05, 0) is 87.7 Å². The fraction of sp³-hybridized carbons (Fsp3) is 0.973. The number of nitrogens with one attached hydrogen (secondary N) is 1. The van der Waals surface area contributed by atoms with Gasteiger partial charge >= 0.3 is 5.97 Å². The second-order valence-electron chi connectivity index (χ2n) is 16.5. The third-order valence-electron chi connectivity index (χ3n) is 11.9. The molecular weight excluding hydrogens is 664 g/mol. The highest BCUT2D eigenvalue weighted by Gasteiger charge is 2.52. The second kappa shape index (κ2) is 17.6. The first kappa shape index (κ1) is 44.4. The number of hydrogen-bond donors (Lipinski definition) is 6. The van der Waals surface area contributed by atoms with Crippen molar-refractivity contribution < 1.29 is 58.7 Å². The first-order valence-electron chi connectivity index (χ1n) is 18.8. The Morgan fingerprint density at radius 1 is 0.961 bits per heavy atom. The number of cyclic esters (lactones) is 1. The molecule has 0 spiro atoms. The van der Waals surface area contributed by atoms with E-state index in [1.807, 2.05) is 32.7 Å². The van der Waals surface area contributed by atoms with Gasteiger partial charge in [0.15, 0.2) is 12.6 Å². The summed E-state index contributed by atoms with van der Waals surface area (Å²) in [6.07, 6.45) is -8.24. The lowest BCUT2D eigenvalue weighted by Gasteiger charge is -2.48. The van der Waals surface area contributed by atoms with E-state index in [4.69, 9.17) is 28.4 Å². The molecule has 0 aromatic carbocycles. The summed E-state index contributed by atoms with van der Waals surface area (Å²) in [7, 11) is 5.10. The highest BCUT2D eigenvalue weighted by Crippen LogP contribution is 2.40. The first-order valence-corrected chi connectivity index (χ1v) is 18.8. The third kappa shape index (κ3) is 10.0. The Morgan fingerprint density at radius 2 is 1.59 bits per heavy atom. The molecule has 0 aromatic heterocycles. The fourth-order valence-corrected chi connectivity index (χ4v) is 8.53. The van der Waals surface area contributed by atoms with Crippen LogP contribution in [0.15, 0.2) is 0 Å². The highest BCUT2D eigenvalue weighted by atomic mass is 16.7. The molecule has 3 aliphatic rings. The van der Waals surface area contributed by atoms with E-state index in [0.717, 1.165) is 0 Å². The molecule has 14 heteroatoms. The van der Waals surface area contributed by atoms with Gasteiger partial charge in [-0.1, -0.05) is 20.8 Å². The third-order valence-corrected chi connectivity index (χ3v) is 11.9. The number of rotatable bonds is 7. The number of esters is 1. The Hall–Kier alpha value is -1.01. The normalized spacial score (nSPS) is 50.2. The first-order chi connectivity index (χ1) is 23.5. The van der Waals surface area contributed by atoms with Gasteiger partial charge in [0, 0.05) is 38.1 Å². The highest BCUT2D eigenvalue weighted by molar-refractivity contribution is 5.73. The van der Waals surface area contributed by atoms with Crippen molar-refractivity contribution in [1.82, 2.24) is 10.2 Å². The van der Waals surface area contributed by atoms with Crippen LogP contribution in [0.5, 0.6) is 0 Å². The minimum Gasteiger partial charge on any atom is -0.459 e. The van der Waals surface area contributed by atoms with E-state index in [1.165, 1.54) is 14.0 Å². The van der Waals surface area contributed by atoms with E-state index >= 15 is 0 Å². The standard InChI is InChI=1S/C37H70N2O12/c1-14-26-37(10,45)30(41)23(6)39(12)18-19(2)16-35(8,44)32(51-34-28(40)25(38-11)15-20(3)47-34)21(4)29(22(5)33(43)49-26)50-27-17-36(9,46-13)31(42)24(7)48-27/h19-32,34,38,40-42,44-45H,14-18H2,1-13H3/t19-,20-,21+,22-,23-,24+,25+,26-,27+,28-,29+,30-,31+,32-,34+,35-,36-,37-/m1/s1. The van der Waals surface area contributed by atoms with Crippen LogP contribution in [0.25, 0.3) is 0 Å². The summed E-state index contributed by atoms with van der Waals surface area (Å²) in [4.78, 5) is 16.1. The van der Waals surface area contributed by atoms with Crippen LogP contribution in [0.1, 0.15) is 94.9 Å². The van der Waals surface area contributed by atoms with E-state index in [1.54, 1.807) is 48.6 Å².